The number of amides is 3. The Hall–Kier alpha value is -1.84. The molecule has 1 saturated heterocycles. The molecule has 1 saturated carbocycles. The molecule has 0 unspecified atom stereocenters. The van der Waals surface area contributed by atoms with Gasteiger partial charge in [-0.25, -0.2) is 14.5 Å². The molecule has 152 valence electrons. The standard InChI is InChI=1S/C20H25IN2O5/c1-20(2,3)28-19(26)23-16-9-13(17(23)24)15(10-14(16)21)22-18(25)27-11-12-7-5-4-6-8-12/h4-8,13-16H,9-11H2,1-3H3,(H,22,25)/t13-,14+,15+,16+/m1/s1. The minimum Gasteiger partial charge on any atom is -0.445 e. The molecule has 1 aromatic rings. The number of ether oxygens (including phenoxy) is 2. The summed E-state index contributed by atoms with van der Waals surface area (Å²) in [4.78, 5) is 38.8. The molecule has 1 aliphatic carbocycles. The van der Waals surface area contributed by atoms with Gasteiger partial charge in [-0.1, -0.05) is 52.9 Å². The highest BCUT2D eigenvalue weighted by Crippen LogP contribution is 2.41. The number of alkyl carbamates (subject to hydrolysis) is 1. The fourth-order valence-corrected chi connectivity index (χ4v) is 4.79. The number of halogens is 1. The lowest BCUT2D eigenvalue weighted by molar-refractivity contribution is -0.131. The van der Waals surface area contributed by atoms with Crippen molar-refractivity contribution in [2.24, 2.45) is 5.92 Å². The van der Waals surface area contributed by atoms with E-state index in [4.69, 9.17) is 9.47 Å². The van der Waals surface area contributed by atoms with Crippen LogP contribution >= 0.6 is 22.6 Å². The van der Waals surface area contributed by atoms with Crippen molar-refractivity contribution in [3.63, 3.8) is 0 Å². The Balaban J connectivity index is 1.62. The number of nitrogens with one attached hydrogen (secondary N) is 1. The highest BCUT2D eigenvalue weighted by molar-refractivity contribution is 14.1. The number of nitrogens with zero attached hydrogens (tertiary/aromatic N) is 1. The number of carbonyl (C=O) groups is 3. The summed E-state index contributed by atoms with van der Waals surface area (Å²) in [5.74, 6) is -0.723. The van der Waals surface area contributed by atoms with Crippen molar-refractivity contribution in [1.82, 2.24) is 10.2 Å². The average molecular weight is 500 g/mol. The van der Waals surface area contributed by atoms with E-state index in [0.717, 1.165) is 5.56 Å². The maximum absolute atomic E-state index is 12.9. The predicted molar refractivity (Wildman–Crippen MR) is 111 cm³/mol. The van der Waals surface area contributed by atoms with Crippen LogP contribution in [-0.4, -0.2) is 44.6 Å². The Morgan fingerprint density at radius 3 is 2.54 bits per heavy atom. The largest absolute Gasteiger partial charge is 0.445 e. The van der Waals surface area contributed by atoms with Crippen molar-refractivity contribution in [2.75, 3.05) is 0 Å². The Morgan fingerprint density at radius 1 is 1.21 bits per heavy atom. The maximum atomic E-state index is 12.9. The molecule has 2 aliphatic rings. The van der Waals surface area contributed by atoms with Crippen LogP contribution < -0.4 is 5.32 Å². The summed E-state index contributed by atoms with van der Waals surface area (Å²) in [6.45, 7) is 5.48. The summed E-state index contributed by atoms with van der Waals surface area (Å²) in [5, 5.41) is 2.82. The van der Waals surface area contributed by atoms with E-state index >= 15 is 0 Å². The summed E-state index contributed by atoms with van der Waals surface area (Å²) in [6.07, 6.45) is -0.0464. The van der Waals surface area contributed by atoms with E-state index in [1.54, 1.807) is 20.8 Å². The van der Waals surface area contributed by atoms with Crippen LogP contribution in [0.4, 0.5) is 9.59 Å². The van der Waals surface area contributed by atoms with Gasteiger partial charge in [0, 0.05) is 9.97 Å². The number of rotatable bonds is 3. The molecule has 0 spiro atoms. The smallest absolute Gasteiger partial charge is 0.417 e. The number of likely N-dealkylation sites (tertiary alicyclic amines) is 1. The molecule has 3 rings (SSSR count). The van der Waals surface area contributed by atoms with Crippen LogP contribution in [0.2, 0.25) is 0 Å². The zero-order chi connectivity index (χ0) is 20.5. The van der Waals surface area contributed by atoms with E-state index in [1.165, 1.54) is 4.90 Å². The molecule has 3 amide bonds. The fourth-order valence-electron chi connectivity index (χ4n) is 3.63. The second-order valence-electron chi connectivity index (χ2n) is 8.16. The molecule has 4 atom stereocenters. The Labute approximate surface area is 178 Å². The lowest BCUT2D eigenvalue weighted by atomic mass is 9.85. The van der Waals surface area contributed by atoms with Crippen molar-refractivity contribution in [2.45, 2.75) is 61.8 Å². The molecule has 2 bridgehead atoms. The van der Waals surface area contributed by atoms with Crippen LogP contribution in [0.3, 0.4) is 0 Å². The number of hydrogen-bond acceptors (Lipinski definition) is 5. The molecule has 1 aliphatic heterocycles. The van der Waals surface area contributed by atoms with E-state index in [-0.39, 0.29) is 28.5 Å². The quantitative estimate of drug-likeness (QED) is 0.506. The van der Waals surface area contributed by atoms with Gasteiger partial charge < -0.3 is 14.8 Å². The first-order valence-electron chi connectivity index (χ1n) is 9.33. The SMILES string of the molecule is CC(C)(C)OC(=O)N1C(=O)[C@@H]2C[C@H]1[C@@H](I)C[C@@H]2NC(=O)OCc1ccccc1. The second-order valence-corrected chi connectivity index (χ2v) is 9.76. The van der Waals surface area contributed by atoms with E-state index < -0.39 is 23.7 Å². The predicted octanol–water partition coefficient (Wildman–Crippen LogP) is 3.64. The number of carbonyl (C=O) groups excluding carboxylic acids is 3. The second kappa shape index (κ2) is 8.26. The van der Waals surface area contributed by atoms with Gasteiger partial charge in [-0.05, 0) is 39.2 Å². The molecular formula is C20H25IN2O5. The van der Waals surface area contributed by atoms with Gasteiger partial charge in [0.1, 0.15) is 12.2 Å². The van der Waals surface area contributed by atoms with Gasteiger partial charge >= 0.3 is 12.2 Å². The summed E-state index contributed by atoms with van der Waals surface area (Å²) in [6, 6.07) is 8.83. The van der Waals surface area contributed by atoms with Gasteiger partial charge in [0.05, 0.1) is 12.0 Å². The summed E-state index contributed by atoms with van der Waals surface area (Å²) >= 11 is 2.24. The number of alkyl halides is 1. The van der Waals surface area contributed by atoms with E-state index in [9.17, 15) is 14.4 Å². The normalized spacial score (nSPS) is 26.7. The molecule has 8 heteroatoms. The Bertz CT molecular complexity index is 749. The van der Waals surface area contributed by atoms with E-state index in [2.05, 4.69) is 27.9 Å². The highest BCUT2D eigenvalue weighted by atomic mass is 127. The van der Waals surface area contributed by atoms with Crippen molar-refractivity contribution in [1.29, 1.82) is 0 Å². The van der Waals surface area contributed by atoms with E-state index in [1.807, 2.05) is 30.3 Å². The highest BCUT2D eigenvalue weighted by Gasteiger charge is 2.54. The Morgan fingerprint density at radius 2 is 1.89 bits per heavy atom. The van der Waals surface area contributed by atoms with Crippen LogP contribution in [0.1, 0.15) is 39.2 Å². The van der Waals surface area contributed by atoms with Crippen molar-refractivity contribution < 1.29 is 23.9 Å². The summed E-state index contributed by atoms with van der Waals surface area (Å²) in [7, 11) is 0. The van der Waals surface area contributed by atoms with Crippen molar-refractivity contribution in [3.8, 4) is 0 Å². The third-order valence-electron chi connectivity index (χ3n) is 4.87. The third-order valence-corrected chi connectivity index (χ3v) is 6.21. The van der Waals surface area contributed by atoms with Gasteiger partial charge in [-0.3, -0.25) is 4.79 Å². The molecule has 0 aromatic heterocycles. The number of imide groups is 1. The number of benzene rings is 1. The molecule has 28 heavy (non-hydrogen) atoms. The van der Waals surface area contributed by atoms with Crippen LogP contribution in [0, 0.1) is 5.92 Å². The Kier molecular flexibility index (Phi) is 6.16. The zero-order valence-electron chi connectivity index (χ0n) is 16.2. The first kappa shape index (κ1) is 20.9. The molecule has 0 radical (unpaired) electrons. The molecular weight excluding hydrogens is 475 g/mol. The van der Waals surface area contributed by atoms with Gasteiger partial charge in [0.2, 0.25) is 5.91 Å². The lowest BCUT2D eigenvalue weighted by Crippen LogP contribution is -2.47. The van der Waals surface area contributed by atoms with Crippen LogP contribution in [0.15, 0.2) is 30.3 Å². The molecule has 2 fully saturated rings. The zero-order valence-corrected chi connectivity index (χ0v) is 18.3. The van der Waals surface area contributed by atoms with Gasteiger partial charge in [-0.15, -0.1) is 0 Å². The maximum Gasteiger partial charge on any atom is 0.417 e. The van der Waals surface area contributed by atoms with Crippen LogP contribution in [-0.2, 0) is 20.9 Å². The summed E-state index contributed by atoms with van der Waals surface area (Å²) in [5.41, 5.74) is 0.217. The molecule has 1 aromatic carbocycles. The number of hydrogen-bond donors (Lipinski definition) is 1. The number of fused-ring (bicyclic) bond motifs is 2. The fraction of sp³-hybridized carbons (Fsp3) is 0.550. The first-order valence-corrected chi connectivity index (χ1v) is 10.6. The van der Waals surface area contributed by atoms with Gasteiger partial charge in [-0.2, -0.15) is 0 Å². The van der Waals surface area contributed by atoms with Gasteiger partial charge in [0.25, 0.3) is 0 Å². The first-order chi connectivity index (χ1) is 13.2. The minimum atomic E-state index is -0.673. The average Bonchev–Trinajstić information content (AvgIpc) is 2.92. The lowest BCUT2D eigenvalue weighted by Gasteiger charge is -2.32. The van der Waals surface area contributed by atoms with Crippen LogP contribution in [0.25, 0.3) is 0 Å². The summed E-state index contributed by atoms with van der Waals surface area (Å²) < 4.78 is 10.7. The minimum absolute atomic E-state index is 0.0345. The van der Waals surface area contributed by atoms with Crippen LogP contribution in [0.5, 0.6) is 0 Å². The topological polar surface area (TPSA) is 84.9 Å². The van der Waals surface area contributed by atoms with Gasteiger partial charge in [0.15, 0.2) is 0 Å². The van der Waals surface area contributed by atoms with Crippen molar-refractivity contribution in [3.05, 3.63) is 35.9 Å². The molecule has 1 N–H and O–H groups in total. The third kappa shape index (κ3) is 4.76. The molecule has 1 heterocycles. The molecule has 7 nitrogen and oxygen atoms in total. The van der Waals surface area contributed by atoms with Crippen molar-refractivity contribution >= 4 is 40.7 Å². The monoisotopic (exact) mass is 500 g/mol. The van der Waals surface area contributed by atoms with E-state index in [0.29, 0.717) is 12.8 Å².